The zero-order valence-electron chi connectivity index (χ0n) is 12.5. The lowest BCUT2D eigenvalue weighted by Crippen LogP contribution is -2.28. The lowest BCUT2D eigenvalue weighted by Gasteiger charge is -2.22. The Balaban J connectivity index is 2.24. The Morgan fingerprint density at radius 2 is 2.14 bits per heavy atom. The van der Waals surface area contributed by atoms with Crippen molar-refractivity contribution in [3.8, 4) is 0 Å². The monoisotopic (exact) mass is 314 g/mol. The average molecular weight is 314 g/mol. The van der Waals surface area contributed by atoms with Gasteiger partial charge in [0.15, 0.2) is 15.7 Å². The Labute approximate surface area is 125 Å². The van der Waals surface area contributed by atoms with Crippen molar-refractivity contribution in [2.75, 3.05) is 48.5 Å². The first-order valence-corrected chi connectivity index (χ1v) is 8.92. The second kappa shape index (κ2) is 7.04. The number of hydrogen-bond donors (Lipinski definition) is 1. The molecular weight excluding hydrogens is 292 g/mol. The first-order valence-electron chi connectivity index (χ1n) is 7.10. The number of ether oxygens (including phenoxy) is 1. The molecule has 0 spiro atoms. The maximum Gasteiger partial charge on any atom is 0.158 e. The third kappa shape index (κ3) is 4.53. The van der Waals surface area contributed by atoms with E-state index >= 15 is 0 Å². The molecule has 0 aromatic carbocycles. The molecule has 0 saturated carbocycles. The van der Waals surface area contributed by atoms with Gasteiger partial charge in [0.05, 0.1) is 11.5 Å². The van der Waals surface area contributed by atoms with Crippen LogP contribution in [-0.2, 0) is 21.2 Å². The zero-order chi connectivity index (χ0) is 15.3. The van der Waals surface area contributed by atoms with Gasteiger partial charge in [-0.1, -0.05) is 0 Å². The van der Waals surface area contributed by atoms with Gasteiger partial charge < -0.3 is 15.0 Å². The van der Waals surface area contributed by atoms with E-state index in [0.29, 0.717) is 31.9 Å². The molecule has 1 saturated heterocycles. The van der Waals surface area contributed by atoms with Crippen LogP contribution in [0.2, 0.25) is 0 Å². The second-order valence-corrected chi connectivity index (χ2v) is 7.29. The fourth-order valence-corrected chi connectivity index (χ4v) is 3.55. The smallest absolute Gasteiger partial charge is 0.158 e. The Bertz CT molecular complexity index is 553. The summed E-state index contributed by atoms with van der Waals surface area (Å²) in [5.74, 6) is 2.51. The molecule has 1 aliphatic heterocycles. The van der Waals surface area contributed by atoms with Crippen molar-refractivity contribution in [1.29, 1.82) is 0 Å². The molecule has 2 rings (SSSR count). The molecule has 2 heterocycles. The van der Waals surface area contributed by atoms with E-state index in [1.54, 1.807) is 7.11 Å². The molecule has 0 bridgehead atoms. The molecule has 1 aromatic rings. The molecule has 8 heteroatoms. The summed E-state index contributed by atoms with van der Waals surface area (Å²) in [5, 5.41) is 3.17. The SMILES string of the molecule is CCNc1cc(N2CCCS(=O)(=O)CC2)nc(COC)n1. The van der Waals surface area contributed by atoms with Gasteiger partial charge in [-0.15, -0.1) is 0 Å². The number of anilines is 2. The van der Waals surface area contributed by atoms with Crippen LogP contribution < -0.4 is 10.2 Å². The van der Waals surface area contributed by atoms with Gasteiger partial charge in [-0.25, -0.2) is 18.4 Å². The van der Waals surface area contributed by atoms with E-state index in [-0.39, 0.29) is 11.5 Å². The molecule has 1 fully saturated rings. The third-order valence-corrected chi connectivity index (χ3v) is 4.99. The van der Waals surface area contributed by atoms with E-state index < -0.39 is 9.84 Å². The first kappa shape index (κ1) is 16.0. The summed E-state index contributed by atoms with van der Waals surface area (Å²) in [6.07, 6.45) is 0.627. The maximum absolute atomic E-state index is 11.7. The van der Waals surface area contributed by atoms with Crippen LogP contribution in [0.4, 0.5) is 11.6 Å². The van der Waals surface area contributed by atoms with Crippen LogP contribution >= 0.6 is 0 Å². The molecule has 1 aliphatic rings. The molecule has 0 unspecified atom stereocenters. The Hall–Kier alpha value is -1.41. The quantitative estimate of drug-likeness (QED) is 0.855. The standard InChI is InChI=1S/C13H22N4O3S/c1-3-14-11-9-13(16-12(15-11)10-20-2)17-5-4-7-21(18,19)8-6-17/h9H,3-8,10H2,1-2H3,(H,14,15,16). The highest BCUT2D eigenvalue weighted by molar-refractivity contribution is 7.91. The van der Waals surface area contributed by atoms with Gasteiger partial charge in [-0.2, -0.15) is 0 Å². The van der Waals surface area contributed by atoms with Crippen LogP contribution in [0, 0.1) is 0 Å². The largest absolute Gasteiger partial charge is 0.377 e. The van der Waals surface area contributed by atoms with Crippen molar-refractivity contribution >= 4 is 21.5 Å². The van der Waals surface area contributed by atoms with Crippen molar-refractivity contribution < 1.29 is 13.2 Å². The van der Waals surface area contributed by atoms with Crippen molar-refractivity contribution in [2.45, 2.75) is 20.0 Å². The van der Waals surface area contributed by atoms with Gasteiger partial charge in [0.1, 0.15) is 18.2 Å². The first-order chi connectivity index (χ1) is 10.0. The average Bonchev–Trinajstić information content (AvgIpc) is 2.60. The molecule has 1 N–H and O–H groups in total. The van der Waals surface area contributed by atoms with Gasteiger partial charge >= 0.3 is 0 Å². The number of rotatable bonds is 5. The predicted octanol–water partition coefficient (Wildman–Crippen LogP) is 0.680. The molecule has 118 valence electrons. The fraction of sp³-hybridized carbons (Fsp3) is 0.692. The summed E-state index contributed by atoms with van der Waals surface area (Å²) < 4.78 is 28.5. The van der Waals surface area contributed by atoms with Gasteiger partial charge in [0, 0.05) is 32.8 Å². The summed E-state index contributed by atoms with van der Waals surface area (Å²) in [5.41, 5.74) is 0. The van der Waals surface area contributed by atoms with E-state index in [0.717, 1.165) is 18.2 Å². The number of hydrogen-bond acceptors (Lipinski definition) is 7. The molecule has 0 amide bonds. The molecule has 0 aliphatic carbocycles. The highest BCUT2D eigenvalue weighted by atomic mass is 32.2. The molecule has 1 aromatic heterocycles. The lowest BCUT2D eigenvalue weighted by atomic mass is 10.3. The van der Waals surface area contributed by atoms with Crippen LogP contribution in [0.15, 0.2) is 6.07 Å². The number of nitrogens with one attached hydrogen (secondary N) is 1. The Morgan fingerprint density at radius 1 is 1.33 bits per heavy atom. The number of methoxy groups -OCH3 is 1. The molecular formula is C13H22N4O3S. The van der Waals surface area contributed by atoms with Crippen LogP contribution in [0.1, 0.15) is 19.2 Å². The van der Waals surface area contributed by atoms with E-state index in [1.807, 2.05) is 17.9 Å². The number of sulfone groups is 1. The van der Waals surface area contributed by atoms with Gasteiger partial charge in [-0.3, -0.25) is 0 Å². The highest BCUT2D eigenvalue weighted by Gasteiger charge is 2.20. The van der Waals surface area contributed by atoms with E-state index in [2.05, 4.69) is 15.3 Å². The van der Waals surface area contributed by atoms with Crippen molar-refractivity contribution in [3.63, 3.8) is 0 Å². The van der Waals surface area contributed by atoms with Gasteiger partial charge in [0.25, 0.3) is 0 Å². The van der Waals surface area contributed by atoms with E-state index in [4.69, 9.17) is 4.74 Å². The highest BCUT2D eigenvalue weighted by Crippen LogP contribution is 2.19. The maximum atomic E-state index is 11.7. The molecule has 21 heavy (non-hydrogen) atoms. The molecule has 7 nitrogen and oxygen atoms in total. The molecule has 0 atom stereocenters. The van der Waals surface area contributed by atoms with Crippen molar-refractivity contribution in [2.24, 2.45) is 0 Å². The number of nitrogens with zero attached hydrogens (tertiary/aromatic N) is 3. The Morgan fingerprint density at radius 3 is 2.86 bits per heavy atom. The fourth-order valence-electron chi connectivity index (χ4n) is 2.28. The summed E-state index contributed by atoms with van der Waals surface area (Å²) in [6.45, 7) is 4.25. The second-order valence-electron chi connectivity index (χ2n) is 4.98. The van der Waals surface area contributed by atoms with E-state index in [9.17, 15) is 8.42 Å². The molecule has 0 radical (unpaired) electrons. The lowest BCUT2D eigenvalue weighted by molar-refractivity contribution is 0.178. The summed E-state index contributed by atoms with van der Waals surface area (Å²) in [6, 6.07) is 1.86. The third-order valence-electron chi connectivity index (χ3n) is 3.27. The van der Waals surface area contributed by atoms with Crippen molar-refractivity contribution in [1.82, 2.24) is 9.97 Å². The zero-order valence-corrected chi connectivity index (χ0v) is 13.3. The normalized spacial score (nSPS) is 18.3. The minimum atomic E-state index is -2.93. The van der Waals surface area contributed by atoms with Crippen LogP contribution in [0.25, 0.3) is 0 Å². The van der Waals surface area contributed by atoms with Crippen LogP contribution in [0.3, 0.4) is 0 Å². The van der Waals surface area contributed by atoms with Crippen LogP contribution in [0.5, 0.6) is 0 Å². The Kier molecular flexibility index (Phi) is 5.35. The summed E-state index contributed by atoms with van der Waals surface area (Å²) in [4.78, 5) is 10.8. The van der Waals surface area contributed by atoms with Crippen molar-refractivity contribution in [3.05, 3.63) is 11.9 Å². The van der Waals surface area contributed by atoms with Crippen LogP contribution in [-0.4, -0.2) is 56.6 Å². The minimum absolute atomic E-state index is 0.174. The minimum Gasteiger partial charge on any atom is -0.377 e. The summed E-state index contributed by atoms with van der Waals surface area (Å²) in [7, 11) is -1.33. The summed E-state index contributed by atoms with van der Waals surface area (Å²) >= 11 is 0. The predicted molar refractivity (Wildman–Crippen MR) is 82.4 cm³/mol. The topological polar surface area (TPSA) is 84.4 Å². The van der Waals surface area contributed by atoms with Gasteiger partial charge in [-0.05, 0) is 13.3 Å². The van der Waals surface area contributed by atoms with Gasteiger partial charge in [0.2, 0.25) is 0 Å². The van der Waals surface area contributed by atoms with E-state index in [1.165, 1.54) is 0 Å². The number of aromatic nitrogens is 2.